The third-order valence-corrected chi connectivity index (χ3v) is 17.9. The summed E-state index contributed by atoms with van der Waals surface area (Å²) >= 11 is 0. The van der Waals surface area contributed by atoms with Gasteiger partial charge >= 0.3 is 11.9 Å². The number of aliphatic hydroxyl groups excluding tert-OH is 1. The van der Waals surface area contributed by atoms with E-state index < -0.39 is 119 Å². The van der Waals surface area contributed by atoms with Gasteiger partial charge in [-0.2, -0.15) is 0 Å². The van der Waals surface area contributed by atoms with E-state index in [-0.39, 0.29) is 82.1 Å². The van der Waals surface area contributed by atoms with Crippen molar-refractivity contribution in [1.82, 2.24) is 36.8 Å². The van der Waals surface area contributed by atoms with Crippen molar-refractivity contribution in [3.63, 3.8) is 0 Å². The first-order valence-electron chi connectivity index (χ1n) is 29.7. The Morgan fingerprint density at radius 1 is 0.847 bits per heavy atom. The van der Waals surface area contributed by atoms with Crippen LogP contribution < -0.4 is 37.6 Å². The van der Waals surface area contributed by atoms with Crippen molar-refractivity contribution in [1.29, 1.82) is 5.41 Å². The number of ether oxygens (including phenoxy) is 5. The number of nitrogens with one attached hydrogen (secondary N) is 7. The first-order chi connectivity index (χ1) is 40.5. The minimum Gasteiger partial charge on any atom is -0.463 e. The number of rotatable bonds is 23. The first-order valence-corrected chi connectivity index (χ1v) is 29.7. The monoisotopic (exact) mass is 1180 g/mol. The van der Waals surface area contributed by atoms with Crippen molar-refractivity contribution in [3.8, 4) is 0 Å². The van der Waals surface area contributed by atoms with Gasteiger partial charge in [0.25, 0.3) is 11.8 Å². The third-order valence-electron chi connectivity index (χ3n) is 17.9. The lowest BCUT2D eigenvalue weighted by molar-refractivity contribution is -0.254. The Bertz CT molecular complexity index is 2750. The zero-order chi connectivity index (χ0) is 61.6. The number of allylic oxidation sites excluding steroid dienone is 3. The molecule has 7 amide bonds. The average Bonchev–Trinajstić information content (AvgIpc) is 1.56. The fourth-order valence-electron chi connectivity index (χ4n) is 12.4. The Labute approximate surface area is 496 Å². The van der Waals surface area contributed by atoms with Gasteiger partial charge in [-0.1, -0.05) is 94.7 Å². The SMILES string of the molecule is CC[C@H](C)[C@H](NC(=O)CCCCCN1C(=O)C=CC1=O)C(=O)N[C@@H](Cc1ccccc1)C(=O)N[C@@H](CCCNC(=N)N)C(=O)N[C@@H](C)C(=O)N[C@H]1C(O)OC[C@]23CCC(C)=CC2O[C@@H]2C[C@@H](OC(=O)/C=C\C=C\C(=O)OCC[C@H]1C)[C@@]3(C)[C@]21CO1. The molecule has 2 spiro atoms. The molecule has 4 aliphatic heterocycles. The summed E-state index contributed by atoms with van der Waals surface area (Å²) in [7, 11) is 0. The van der Waals surface area contributed by atoms with E-state index in [1.54, 1.807) is 44.2 Å². The summed E-state index contributed by atoms with van der Waals surface area (Å²) in [5.41, 5.74) is 4.79. The predicted octanol–water partition coefficient (Wildman–Crippen LogP) is 2.08. The zero-order valence-electron chi connectivity index (χ0n) is 49.5. The highest BCUT2D eigenvalue weighted by atomic mass is 16.6. The average molecular weight is 1180 g/mol. The molecule has 6 aliphatic rings. The Balaban J connectivity index is 1.06. The predicted molar refractivity (Wildman–Crippen MR) is 309 cm³/mol. The highest BCUT2D eigenvalue weighted by Gasteiger charge is 2.83. The zero-order valence-corrected chi connectivity index (χ0v) is 49.5. The van der Waals surface area contributed by atoms with Gasteiger partial charge < -0.3 is 66.4 Å². The van der Waals surface area contributed by atoms with E-state index >= 15 is 0 Å². The fraction of sp³-hybridized carbons (Fsp3) is 0.607. The van der Waals surface area contributed by atoms with Crippen molar-refractivity contribution < 1.29 is 71.9 Å². The molecular weight excluding hydrogens is 1100 g/mol. The lowest BCUT2D eigenvalue weighted by Crippen LogP contribution is -2.67. The second kappa shape index (κ2) is 29.2. The van der Waals surface area contributed by atoms with Gasteiger partial charge in [0.1, 0.15) is 35.9 Å². The molecule has 7 rings (SSSR count). The lowest BCUT2D eigenvalue weighted by atomic mass is 9.51. The van der Waals surface area contributed by atoms with Gasteiger partial charge in [0.2, 0.25) is 29.5 Å². The largest absolute Gasteiger partial charge is 0.463 e. The number of hydrogen-bond donors (Lipinski definition) is 9. The second-order valence-corrected chi connectivity index (χ2v) is 23.6. The maximum atomic E-state index is 14.6. The van der Waals surface area contributed by atoms with Crippen LogP contribution in [0.1, 0.15) is 118 Å². The molecule has 2 saturated heterocycles. The molecule has 2 bridgehead atoms. The molecule has 24 heteroatoms. The summed E-state index contributed by atoms with van der Waals surface area (Å²) in [5.74, 6) is -6.67. The number of guanidine groups is 1. The van der Waals surface area contributed by atoms with E-state index in [4.69, 9.17) is 34.8 Å². The van der Waals surface area contributed by atoms with Crippen LogP contribution in [0, 0.1) is 28.1 Å². The normalized spacial score (nSPS) is 29.8. The van der Waals surface area contributed by atoms with Crippen LogP contribution in [-0.4, -0.2) is 163 Å². The van der Waals surface area contributed by atoms with Crippen LogP contribution in [0.5, 0.6) is 0 Å². The molecule has 1 aromatic rings. The molecule has 464 valence electrons. The van der Waals surface area contributed by atoms with Gasteiger partial charge in [-0.25, -0.2) is 9.59 Å². The third kappa shape index (κ3) is 15.8. The minimum absolute atomic E-state index is 0.0129. The maximum Gasteiger partial charge on any atom is 0.331 e. The van der Waals surface area contributed by atoms with Crippen molar-refractivity contribution in [2.45, 2.75) is 179 Å². The van der Waals surface area contributed by atoms with Crippen LogP contribution in [0.15, 0.2) is 78.4 Å². The Hall–Kier alpha value is -7.28. The molecule has 3 fully saturated rings. The topological polar surface area (TPSA) is 349 Å². The van der Waals surface area contributed by atoms with Crippen molar-refractivity contribution in [3.05, 3.63) is 84.0 Å². The molecule has 85 heavy (non-hydrogen) atoms. The highest BCUT2D eigenvalue weighted by Crippen LogP contribution is 2.72. The highest BCUT2D eigenvalue weighted by molar-refractivity contribution is 6.12. The molecule has 1 aromatic carbocycles. The number of esters is 2. The van der Waals surface area contributed by atoms with Crippen LogP contribution in [0.4, 0.5) is 0 Å². The Kier molecular flexibility index (Phi) is 22.4. The number of nitrogens with two attached hydrogens (primary N) is 1. The number of aliphatic hydroxyl groups is 1. The summed E-state index contributed by atoms with van der Waals surface area (Å²) < 4.78 is 31.2. The number of carbonyl (C=O) groups excluding carboxylic acids is 9. The van der Waals surface area contributed by atoms with Crippen molar-refractivity contribution in [2.75, 3.05) is 32.9 Å². The molecule has 14 atom stereocenters. The van der Waals surface area contributed by atoms with E-state index in [1.807, 2.05) is 20.8 Å². The number of imide groups is 1. The summed E-state index contributed by atoms with van der Waals surface area (Å²) in [6.07, 6.45) is 10.3. The summed E-state index contributed by atoms with van der Waals surface area (Å²) in [5, 5.41) is 36.6. The quantitative estimate of drug-likeness (QED) is 0.0144. The number of epoxide rings is 1. The van der Waals surface area contributed by atoms with Crippen LogP contribution in [-0.2, 0) is 73.3 Å². The number of carbonyl (C=O) groups is 9. The Morgan fingerprint density at radius 2 is 1.53 bits per heavy atom. The van der Waals surface area contributed by atoms with E-state index in [0.29, 0.717) is 57.1 Å². The molecule has 1 saturated carbocycles. The molecular formula is C61H85N9O15. The summed E-state index contributed by atoms with van der Waals surface area (Å²) in [4.78, 5) is 122. The number of cyclic esters (lactones) is 1. The summed E-state index contributed by atoms with van der Waals surface area (Å²) in [6, 6.07) is 2.80. The Morgan fingerprint density at radius 3 is 2.21 bits per heavy atom. The van der Waals surface area contributed by atoms with Gasteiger partial charge in [0, 0.05) is 67.5 Å². The standard InChI is InChI=1S/C61H85N9O15/c1-7-37(3)51(68-46(71)20-12-9-15-29-70-47(72)23-24-48(70)73)56(79)67-42(32-40-17-10-8-11-18-40)55(78)66-41(19-16-28-64-58(62)63)54(77)65-39(5)53(76)69-52-38(4)26-30-81-49(74)21-13-14-22-50(75)85-43-33-45-61(35-83-61)59(43,6)60(34-82-57(52)80)27-25-36(2)31-44(60)84-45/h8,10-11,13-14,17-18,21-24,31,37-39,41-45,51-52,57,80H,7,9,12,15-16,19-20,25-30,32-35H2,1-6H3,(H,65,77)(H,66,78)(H,67,79)(H,68,71)(H,69,76)(H4,62,63,64)/b21-13+,22-14-/t37-,38+,39-,41-,42-,43+,44?,45+,51-,52+,57?,59+,60+,61-/m0/s1. The first kappa shape index (κ1) is 65.3. The minimum atomic E-state index is -1.68. The smallest absolute Gasteiger partial charge is 0.331 e. The molecule has 0 radical (unpaired) electrons. The summed E-state index contributed by atoms with van der Waals surface area (Å²) in [6.45, 7) is 11.4. The van der Waals surface area contributed by atoms with Crippen molar-refractivity contribution in [2.24, 2.45) is 28.4 Å². The molecule has 0 aromatic heterocycles. The van der Waals surface area contributed by atoms with Gasteiger partial charge in [-0.3, -0.25) is 43.9 Å². The fourth-order valence-corrected chi connectivity index (χ4v) is 12.4. The number of unbranched alkanes of at least 4 members (excludes halogenated alkanes) is 2. The van der Waals surface area contributed by atoms with Crippen molar-refractivity contribution >= 4 is 59.2 Å². The van der Waals surface area contributed by atoms with Crippen LogP contribution in [0.3, 0.4) is 0 Å². The van der Waals surface area contributed by atoms with Gasteiger partial charge in [-0.05, 0) is 76.2 Å². The number of amides is 7. The number of nitrogens with zero attached hydrogens (tertiary/aromatic N) is 1. The van der Waals surface area contributed by atoms with E-state index in [0.717, 1.165) is 16.5 Å². The van der Waals surface area contributed by atoms with Gasteiger partial charge in [0.05, 0.1) is 38.1 Å². The van der Waals surface area contributed by atoms with Gasteiger partial charge in [0.15, 0.2) is 12.2 Å². The second-order valence-electron chi connectivity index (χ2n) is 23.6. The number of benzene rings is 1. The van der Waals surface area contributed by atoms with E-state index in [2.05, 4.69) is 38.0 Å². The molecule has 24 nitrogen and oxygen atoms in total. The number of hydrogen-bond acceptors (Lipinski definition) is 16. The van der Waals surface area contributed by atoms with Crippen LogP contribution >= 0.6 is 0 Å². The molecule has 2 aliphatic carbocycles. The molecule has 4 heterocycles. The maximum absolute atomic E-state index is 14.6. The van der Waals surface area contributed by atoms with E-state index in [1.165, 1.54) is 37.3 Å². The van der Waals surface area contributed by atoms with Crippen LogP contribution in [0.25, 0.3) is 0 Å². The van der Waals surface area contributed by atoms with Crippen LogP contribution in [0.2, 0.25) is 0 Å². The van der Waals surface area contributed by atoms with E-state index in [9.17, 15) is 48.3 Å². The van der Waals surface area contributed by atoms with Gasteiger partial charge in [-0.15, -0.1) is 0 Å². The molecule has 10 N–H and O–H groups in total. The molecule has 2 unspecified atom stereocenters. The lowest BCUT2D eigenvalue weighted by Gasteiger charge is -2.58.